The van der Waals surface area contributed by atoms with Gasteiger partial charge >= 0.3 is 5.97 Å². The average Bonchev–Trinajstić information content (AvgIpc) is 2.51. The number of hydrogen-bond acceptors (Lipinski definition) is 3. The minimum atomic E-state index is -1.62. The Bertz CT molecular complexity index is 484. The van der Waals surface area contributed by atoms with Crippen LogP contribution in [-0.4, -0.2) is 23.7 Å². The Kier molecular flexibility index (Phi) is 2.68. The lowest BCUT2D eigenvalue weighted by Crippen LogP contribution is -2.39. The molecule has 0 aromatic heterocycles. The zero-order chi connectivity index (χ0) is 11.9. The van der Waals surface area contributed by atoms with E-state index >= 15 is 0 Å². The lowest BCUT2D eigenvalue weighted by atomic mass is 10.0. The van der Waals surface area contributed by atoms with Crippen molar-refractivity contribution in [3.05, 3.63) is 34.3 Å². The first-order valence-electron chi connectivity index (χ1n) is 4.59. The highest BCUT2D eigenvalue weighted by Crippen LogP contribution is 2.37. The summed E-state index contributed by atoms with van der Waals surface area (Å²) in [7, 11) is 1.20. The molecule has 0 spiro atoms. The highest BCUT2D eigenvalue weighted by atomic mass is 35.5. The number of alkyl halides is 1. The van der Waals surface area contributed by atoms with Crippen molar-refractivity contribution in [3.8, 4) is 0 Å². The van der Waals surface area contributed by atoms with Gasteiger partial charge in [-0.3, -0.25) is 4.79 Å². The summed E-state index contributed by atoms with van der Waals surface area (Å²) in [6.07, 6.45) is 0.121. The molecule has 2 rings (SSSR count). The van der Waals surface area contributed by atoms with E-state index in [2.05, 4.69) is 4.74 Å². The second kappa shape index (κ2) is 3.75. The quantitative estimate of drug-likeness (QED) is 0.441. The Labute approximate surface area is 102 Å². The Morgan fingerprint density at radius 1 is 1.50 bits per heavy atom. The molecule has 0 fully saturated rings. The second-order valence-corrected chi connectivity index (χ2v) is 4.68. The third-order valence-corrected chi connectivity index (χ3v) is 3.31. The average molecular weight is 259 g/mol. The Morgan fingerprint density at radius 3 is 2.81 bits per heavy atom. The number of benzene rings is 1. The predicted molar refractivity (Wildman–Crippen MR) is 60.1 cm³/mol. The molecule has 16 heavy (non-hydrogen) atoms. The van der Waals surface area contributed by atoms with E-state index in [0.29, 0.717) is 16.1 Å². The molecule has 5 heteroatoms. The van der Waals surface area contributed by atoms with Crippen LogP contribution in [0.5, 0.6) is 0 Å². The summed E-state index contributed by atoms with van der Waals surface area (Å²) in [4.78, 5) is 21.8. The van der Waals surface area contributed by atoms with Gasteiger partial charge in [-0.05, 0) is 23.8 Å². The van der Waals surface area contributed by atoms with E-state index in [-0.39, 0.29) is 6.42 Å². The standard InChI is InChI=1S/C11H8Cl2O3/c1-16-10(15)11(13)5-6-4-7(12)2-3-8(6)9(11)14/h2-4H,5H2,1H3. The van der Waals surface area contributed by atoms with Crippen LogP contribution in [0.15, 0.2) is 18.2 Å². The predicted octanol–water partition coefficient (Wildman–Crippen LogP) is 2.23. The summed E-state index contributed by atoms with van der Waals surface area (Å²) in [6.45, 7) is 0. The van der Waals surface area contributed by atoms with Crippen molar-refractivity contribution in [1.82, 2.24) is 0 Å². The van der Waals surface area contributed by atoms with Crippen LogP contribution in [0.25, 0.3) is 0 Å². The molecule has 84 valence electrons. The first-order valence-corrected chi connectivity index (χ1v) is 5.35. The van der Waals surface area contributed by atoms with Crippen LogP contribution < -0.4 is 0 Å². The molecule has 0 bridgehead atoms. The molecule has 0 amide bonds. The van der Waals surface area contributed by atoms with Crippen molar-refractivity contribution in [2.45, 2.75) is 11.3 Å². The first kappa shape index (κ1) is 11.4. The number of ketones is 1. The van der Waals surface area contributed by atoms with Crippen LogP contribution >= 0.6 is 23.2 Å². The number of Topliss-reactive ketones (excluding diaryl/α,β-unsaturated/α-hetero) is 1. The molecule has 1 aromatic carbocycles. The normalized spacial score (nSPS) is 23.1. The maximum absolute atomic E-state index is 12.0. The van der Waals surface area contributed by atoms with Gasteiger partial charge in [0.1, 0.15) is 0 Å². The number of halogens is 2. The summed E-state index contributed by atoms with van der Waals surface area (Å²) in [5.41, 5.74) is 1.11. The van der Waals surface area contributed by atoms with Gasteiger partial charge in [0.2, 0.25) is 4.87 Å². The molecule has 1 aliphatic rings. The van der Waals surface area contributed by atoms with Crippen LogP contribution in [0.1, 0.15) is 15.9 Å². The molecular weight excluding hydrogens is 251 g/mol. The van der Waals surface area contributed by atoms with Gasteiger partial charge in [-0.1, -0.05) is 23.2 Å². The fraction of sp³-hybridized carbons (Fsp3) is 0.273. The van der Waals surface area contributed by atoms with Crippen molar-refractivity contribution in [1.29, 1.82) is 0 Å². The molecule has 0 saturated heterocycles. The monoisotopic (exact) mass is 258 g/mol. The minimum absolute atomic E-state index is 0.121. The number of ether oxygens (including phenoxy) is 1. The van der Waals surface area contributed by atoms with Gasteiger partial charge in [-0.15, -0.1) is 0 Å². The van der Waals surface area contributed by atoms with Crippen LogP contribution in [0.4, 0.5) is 0 Å². The fourth-order valence-electron chi connectivity index (χ4n) is 1.81. The molecule has 0 radical (unpaired) electrons. The number of rotatable bonds is 1. The van der Waals surface area contributed by atoms with E-state index in [0.717, 1.165) is 0 Å². The maximum Gasteiger partial charge on any atom is 0.335 e. The number of methoxy groups -OCH3 is 1. The van der Waals surface area contributed by atoms with Crippen molar-refractivity contribution in [2.24, 2.45) is 0 Å². The minimum Gasteiger partial charge on any atom is -0.467 e. The van der Waals surface area contributed by atoms with Gasteiger partial charge in [-0.25, -0.2) is 4.79 Å². The van der Waals surface area contributed by atoms with Gasteiger partial charge in [-0.2, -0.15) is 0 Å². The van der Waals surface area contributed by atoms with Crippen LogP contribution in [0.3, 0.4) is 0 Å². The molecule has 1 unspecified atom stereocenters. The molecule has 0 N–H and O–H groups in total. The molecule has 1 aliphatic carbocycles. The number of carbonyl (C=O) groups excluding carboxylic acids is 2. The number of esters is 1. The van der Waals surface area contributed by atoms with Gasteiger partial charge < -0.3 is 4.74 Å². The van der Waals surface area contributed by atoms with Crippen LogP contribution in [-0.2, 0) is 16.0 Å². The van der Waals surface area contributed by atoms with Crippen molar-refractivity contribution in [3.63, 3.8) is 0 Å². The molecule has 0 saturated carbocycles. The van der Waals surface area contributed by atoms with Crippen molar-refractivity contribution >= 4 is 35.0 Å². The van der Waals surface area contributed by atoms with Gasteiger partial charge in [0.15, 0.2) is 5.78 Å². The van der Waals surface area contributed by atoms with Crippen LogP contribution in [0, 0.1) is 0 Å². The Balaban J connectivity index is 2.48. The molecule has 0 heterocycles. The second-order valence-electron chi connectivity index (χ2n) is 3.60. The fourth-order valence-corrected chi connectivity index (χ4v) is 2.33. The zero-order valence-corrected chi connectivity index (χ0v) is 9.93. The molecule has 0 aliphatic heterocycles. The highest BCUT2D eigenvalue weighted by molar-refractivity contribution is 6.49. The van der Waals surface area contributed by atoms with Crippen LogP contribution in [0.2, 0.25) is 5.02 Å². The third kappa shape index (κ3) is 1.51. The summed E-state index contributed by atoms with van der Waals surface area (Å²) in [6, 6.07) is 4.81. The smallest absolute Gasteiger partial charge is 0.335 e. The van der Waals surface area contributed by atoms with Crippen molar-refractivity contribution in [2.75, 3.05) is 7.11 Å². The van der Waals surface area contributed by atoms with E-state index in [1.807, 2.05) is 0 Å². The van der Waals surface area contributed by atoms with Crippen molar-refractivity contribution < 1.29 is 14.3 Å². The van der Waals surface area contributed by atoms with Gasteiger partial charge in [0.25, 0.3) is 0 Å². The molecular formula is C11H8Cl2O3. The van der Waals surface area contributed by atoms with Gasteiger partial charge in [0.05, 0.1) is 7.11 Å². The SMILES string of the molecule is COC(=O)C1(Cl)Cc2cc(Cl)ccc2C1=O. The summed E-state index contributed by atoms with van der Waals surface area (Å²) in [5.74, 6) is -1.15. The number of fused-ring (bicyclic) bond motifs is 1. The largest absolute Gasteiger partial charge is 0.467 e. The van der Waals surface area contributed by atoms with E-state index in [1.54, 1.807) is 18.2 Å². The van der Waals surface area contributed by atoms with E-state index in [1.165, 1.54) is 7.11 Å². The maximum atomic E-state index is 12.0. The zero-order valence-electron chi connectivity index (χ0n) is 8.42. The Hall–Kier alpha value is -1.06. The third-order valence-electron chi connectivity index (χ3n) is 2.61. The summed E-state index contributed by atoms with van der Waals surface area (Å²) in [5, 5.41) is 0.511. The number of carbonyl (C=O) groups is 2. The Morgan fingerprint density at radius 2 is 2.19 bits per heavy atom. The van der Waals surface area contributed by atoms with E-state index < -0.39 is 16.6 Å². The molecule has 1 atom stereocenters. The topological polar surface area (TPSA) is 43.4 Å². The molecule has 1 aromatic rings. The summed E-state index contributed by atoms with van der Waals surface area (Å²) >= 11 is 11.8. The number of hydrogen-bond donors (Lipinski definition) is 0. The summed E-state index contributed by atoms with van der Waals surface area (Å²) < 4.78 is 4.54. The van der Waals surface area contributed by atoms with E-state index in [4.69, 9.17) is 23.2 Å². The lowest BCUT2D eigenvalue weighted by Gasteiger charge is -2.15. The van der Waals surface area contributed by atoms with E-state index in [9.17, 15) is 9.59 Å². The first-order chi connectivity index (χ1) is 7.49. The lowest BCUT2D eigenvalue weighted by molar-refractivity contribution is -0.142. The van der Waals surface area contributed by atoms with Gasteiger partial charge in [0, 0.05) is 17.0 Å². The molecule has 3 nitrogen and oxygen atoms in total. The highest BCUT2D eigenvalue weighted by Gasteiger charge is 2.51.